The number of amides is 3. The number of nitrogens with one attached hydrogen (secondary N) is 2. The Morgan fingerprint density at radius 1 is 1.00 bits per heavy atom. The summed E-state index contributed by atoms with van der Waals surface area (Å²) < 4.78 is 0. The number of rotatable bonds is 5. The van der Waals surface area contributed by atoms with Crippen molar-refractivity contribution in [1.29, 1.82) is 0 Å². The van der Waals surface area contributed by atoms with E-state index in [2.05, 4.69) is 59.8 Å². The third kappa shape index (κ3) is 4.90. The number of carbonyl (C=O) groups excluding carboxylic acids is 2. The van der Waals surface area contributed by atoms with E-state index in [0.29, 0.717) is 17.9 Å². The average molecular weight is 390 g/mol. The summed E-state index contributed by atoms with van der Waals surface area (Å²) in [4.78, 5) is 30.0. The smallest absolute Gasteiger partial charge is 0.320 e. The Morgan fingerprint density at radius 3 is 2.45 bits per heavy atom. The molecule has 0 fully saturated rings. The van der Waals surface area contributed by atoms with Gasteiger partial charge in [-0.1, -0.05) is 56.3 Å². The Hall–Kier alpha value is -3.41. The van der Waals surface area contributed by atoms with Crippen molar-refractivity contribution in [3.8, 4) is 0 Å². The van der Waals surface area contributed by atoms with E-state index in [1.54, 1.807) is 26.2 Å². The number of benzene rings is 2. The van der Waals surface area contributed by atoms with Gasteiger partial charge in [0.2, 0.25) is 0 Å². The van der Waals surface area contributed by atoms with Crippen molar-refractivity contribution < 1.29 is 9.59 Å². The molecule has 2 aromatic carbocycles. The number of pyridine rings is 1. The van der Waals surface area contributed by atoms with Crippen molar-refractivity contribution in [2.24, 2.45) is 0 Å². The van der Waals surface area contributed by atoms with E-state index >= 15 is 0 Å². The Bertz CT molecular complexity index is 1040. The number of aromatic nitrogens is 1. The molecular weight excluding hydrogens is 364 g/mol. The van der Waals surface area contributed by atoms with Crippen LogP contribution >= 0.6 is 0 Å². The fraction of sp³-hybridized carbons (Fsp3) is 0.261. The second kappa shape index (κ2) is 8.31. The van der Waals surface area contributed by atoms with Crippen LogP contribution in [0.4, 0.5) is 10.6 Å². The van der Waals surface area contributed by atoms with Gasteiger partial charge in [-0.05, 0) is 28.5 Å². The number of fused-ring (bicyclic) bond motifs is 1. The number of urea groups is 1. The molecule has 6 nitrogen and oxygen atoms in total. The van der Waals surface area contributed by atoms with Gasteiger partial charge in [-0.3, -0.25) is 10.1 Å². The van der Waals surface area contributed by atoms with Crippen LogP contribution in [0.25, 0.3) is 10.8 Å². The Labute approximate surface area is 170 Å². The molecule has 3 aromatic rings. The third-order valence-corrected chi connectivity index (χ3v) is 4.88. The second-order valence-corrected chi connectivity index (χ2v) is 7.88. The van der Waals surface area contributed by atoms with E-state index in [-0.39, 0.29) is 17.4 Å². The maximum Gasteiger partial charge on any atom is 0.320 e. The van der Waals surface area contributed by atoms with Gasteiger partial charge in [0.15, 0.2) is 0 Å². The molecule has 0 spiro atoms. The highest BCUT2D eigenvalue weighted by molar-refractivity contribution is 5.96. The lowest BCUT2D eigenvalue weighted by Gasteiger charge is -2.26. The van der Waals surface area contributed by atoms with Crippen LogP contribution < -0.4 is 10.6 Å². The lowest BCUT2D eigenvalue weighted by atomic mass is 9.83. The lowest BCUT2D eigenvalue weighted by molar-refractivity contribution is 0.0827. The Morgan fingerprint density at radius 2 is 1.72 bits per heavy atom. The molecule has 0 unspecified atom stereocenters. The van der Waals surface area contributed by atoms with E-state index in [4.69, 9.17) is 0 Å². The Balaban J connectivity index is 1.65. The molecule has 1 heterocycles. The van der Waals surface area contributed by atoms with Gasteiger partial charge in [0.25, 0.3) is 5.91 Å². The molecule has 0 aliphatic carbocycles. The standard InChI is InChI=1S/C23H26N4O2/c1-23(2,19-10-9-16-7-5-6-8-17(16)13-19)15-25-22(29)26-20-14-18(11-12-24-20)21(28)27(3)4/h5-14H,15H2,1-4H3,(H2,24,25,26,29). The first kappa shape index (κ1) is 20.3. The molecule has 3 rings (SSSR count). The van der Waals surface area contributed by atoms with Crippen LogP contribution in [0.5, 0.6) is 0 Å². The first-order chi connectivity index (χ1) is 13.8. The molecular formula is C23H26N4O2. The predicted octanol–water partition coefficient (Wildman–Crippen LogP) is 4.04. The number of carbonyl (C=O) groups is 2. The van der Waals surface area contributed by atoms with Crippen LogP contribution in [0.2, 0.25) is 0 Å². The van der Waals surface area contributed by atoms with E-state index in [1.165, 1.54) is 21.9 Å². The van der Waals surface area contributed by atoms with Gasteiger partial charge >= 0.3 is 6.03 Å². The maximum atomic E-state index is 12.4. The fourth-order valence-corrected chi connectivity index (χ4v) is 3.06. The van der Waals surface area contributed by atoms with Crippen molar-refractivity contribution in [2.45, 2.75) is 19.3 Å². The summed E-state index contributed by atoms with van der Waals surface area (Å²) in [7, 11) is 3.36. The molecule has 1 aromatic heterocycles. The van der Waals surface area contributed by atoms with Crippen LogP contribution in [0, 0.1) is 0 Å². The lowest BCUT2D eigenvalue weighted by Crippen LogP contribution is -2.39. The highest BCUT2D eigenvalue weighted by Crippen LogP contribution is 2.26. The van der Waals surface area contributed by atoms with Gasteiger partial charge in [-0.2, -0.15) is 0 Å². The monoisotopic (exact) mass is 390 g/mol. The molecule has 29 heavy (non-hydrogen) atoms. The summed E-state index contributed by atoms with van der Waals surface area (Å²) in [5.74, 6) is 0.187. The first-order valence-electron chi connectivity index (χ1n) is 9.48. The minimum absolute atomic E-state index is 0.145. The zero-order valence-electron chi connectivity index (χ0n) is 17.2. The normalized spacial score (nSPS) is 11.2. The van der Waals surface area contributed by atoms with Gasteiger partial charge in [-0.25, -0.2) is 9.78 Å². The summed E-state index contributed by atoms with van der Waals surface area (Å²) in [6.07, 6.45) is 1.51. The van der Waals surface area contributed by atoms with Crippen LogP contribution in [-0.4, -0.2) is 42.5 Å². The van der Waals surface area contributed by atoms with Crippen molar-refractivity contribution in [2.75, 3.05) is 26.0 Å². The zero-order chi connectivity index (χ0) is 21.0. The van der Waals surface area contributed by atoms with Crippen LogP contribution in [0.15, 0.2) is 60.8 Å². The van der Waals surface area contributed by atoms with E-state index in [0.717, 1.165) is 5.56 Å². The molecule has 150 valence electrons. The van der Waals surface area contributed by atoms with Crippen LogP contribution in [0.3, 0.4) is 0 Å². The van der Waals surface area contributed by atoms with Gasteiger partial charge in [0.05, 0.1) is 0 Å². The van der Waals surface area contributed by atoms with E-state index < -0.39 is 0 Å². The van der Waals surface area contributed by atoms with Gasteiger partial charge in [0, 0.05) is 37.8 Å². The SMILES string of the molecule is CN(C)C(=O)c1ccnc(NC(=O)NCC(C)(C)c2ccc3ccccc3c2)c1. The molecule has 3 amide bonds. The first-order valence-corrected chi connectivity index (χ1v) is 9.48. The highest BCUT2D eigenvalue weighted by atomic mass is 16.2. The summed E-state index contributed by atoms with van der Waals surface area (Å²) in [6.45, 7) is 4.63. The second-order valence-electron chi connectivity index (χ2n) is 7.88. The molecule has 0 bridgehead atoms. The summed E-state index contributed by atoms with van der Waals surface area (Å²) in [5.41, 5.74) is 1.36. The largest absolute Gasteiger partial charge is 0.345 e. The molecule has 0 radical (unpaired) electrons. The average Bonchev–Trinajstić information content (AvgIpc) is 2.71. The van der Waals surface area contributed by atoms with E-state index in [9.17, 15) is 9.59 Å². The van der Waals surface area contributed by atoms with Crippen LogP contribution in [0.1, 0.15) is 29.8 Å². The maximum absolute atomic E-state index is 12.4. The molecule has 0 aliphatic heterocycles. The number of hydrogen-bond donors (Lipinski definition) is 2. The predicted molar refractivity (Wildman–Crippen MR) is 116 cm³/mol. The molecule has 0 aliphatic rings. The van der Waals surface area contributed by atoms with Crippen molar-refractivity contribution in [1.82, 2.24) is 15.2 Å². The zero-order valence-corrected chi connectivity index (χ0v) is 17.2. The number of hydrogen-bond acceptors (Lipinski definition) is 3. The quantitative estimate of drug-likeness (QED) is 0.691. The third-order valence-electron chi connectivity index (χ3n) is 4.88. The fourth-order valence-electron chi connectivity index (χ4n) is 3.06. The van der Waals surface area contributed by atoms with Crippen molar-refractivity contribution >= 4 is 28.5 Å². The topological polar surface area (TPSA) is 74.3 Å². The van der Waals surface area contributed by atoms with Crippen molar-refractivity contribution in [3.05, 3.63) is 71.9 Å². The number of nitrogens with zero attached hydrogens (tertiary/aromatic N) is 2. The summed E-state index contributed by atoms with van der Waals surface area (Å²) >= 11 is 0. The molecule has 2 N–H and O–H groups in total. The van der Waals surface area contributed by atoms with Gasteiger partial charge in [-0.15, -0.1) is 0 Å². The number of anilines is 1. The minimum atomic E-state index is -0.360. The molecule has 0 saturated heterocycles. The minimum Gasteiger partial charge on any atom is -0.345 e. The van der Waals surface area contributed by atoms with Gasteiger partial charge < -0.3 is 10.2 Å². The van der Waals surface area contributed by atoms with Crippen LogP contribution in [-0.2, 0) is 5.41 Å². The highest BCUT2D eigenvalue weighted by Gasteiger charge is 2.22. The summed E-state index contributed by atoms with van der Waals surface area (Å²) in [6, 6.07) is 17.4. The summed E-state index contributed by atoms with van der Waals surface area (Å²) in [5, 5.41) is 7.97. The molecule has 0 saturated carbocycles. The molecule has 6 heteroatoms. The van der Waals surface area contributed by atoms with Gasteiger partial charge in [0.1, 0.15) is 5.82 Å². The van der Waals surface area contributed by atoms with Crippen molar-refractivity contribution in [3.63, 3.8) is 0 Å². The van der Waals surface area contributed by atoms with E-state index in [1.807, 2.05) is 12.1 Å². The Kier molecular flexibility index (Phi) is 5.82. The molecule has 0 atom stereocenters.